The summed E-state index contributed by atoms with van der Waals surface area (Å²) >= 11 is 1.52. The van der Waals surface area contributed by atoms with Gasteiger partial charge in [0.05, 0.1) is 13.2 Å². The number of hydrogen-bond acceptors (Lipinski definition) is 4. The number of aromatic nitrogens is 1. The Morgan fingerprint density at radius 3 is 3.00 bits per heavy atom. The first kappa shape index (κ1) is 15.6. The van der Waals surface area contributed by atoms with Gasteiger partial charge in [-0.1, -0.05) is 0 Å². The molecule has 1 unspecified atom stereocenters. The number of carbonyl (C=O) groups excluding carboxylic acids is 1. The topological polar surface area (TPSA) is 63.5 Å². The van der Waals surface area contributed by atoms with Crippen LogP contribution >= 0.6 is 11.3 Å². The molecular formula is C17H18N2O3S. The Morgan fingerprint density at radius 1 is 1.39 bits per heavy atom. The van der Waals surface area contributed by atoms with Crippen molar-refractivity contribution < 1.29 is 14.6 Å². The zero-order valence-electron chi connectivity index (χ0n) is 12.7. The van der Waals surface area contributed by atoms with Crippen molar-refractivity contribution in [2.24, 2.45) is 0 Å². The number of thiophene rings is 1. The lowest BCUT2D eigenvalue weighted by atomic mass is 10.2. The number of rotatable bonds is 6. The van der Waals surface area contributed by atoms with Gasteiger partial charge in [-0.15, -0.1) is 0 Å². The number of carbonyl (C=O) groups is 1. The molecule has 0 fully saturated rings. The molecule has 0 saturated carbocycles. The zero-order chi connectivity index (χ0) is 16.2. The van der Waals surface area contributed by atoms with Gasteiger partial charge in [-0.05, 0) is 46.7 Å². The van der Waals surface area contributed by atoms with Crippen molar-refractivity contribution in [3.63, 3.8) is 0 Å². The summed E-state index contributed by atoms with van der Waals surface area (Å²) in [6.45, 7) is 0.425. The van der Waals surface area contributed by atoms with Crippen LogP contribution in [0.25, 0.3) is 10.9 Å². The van der Waals surface area contributed by atoms with Gasteiger partial charge in [-0.2, -0.15) is 11.3 Å². The van der Waals surface area contributed by atoms with Crippen molar-refractivity contribution in [3.05, 3.63) is 52.9 Å². The summed E-state index contributed by atoms with van der Waals surface area (Å²) in [6, 6.07) is 9.54. The number of nitrogens with zero attached hydrogens (tertiary/aromatic N) is 1. The van der Waals surface area contributed by atoms with Gasteiger partial charge in [-0.25, -0.2) is 0 Å². The van der Waals surface area contributed by atoms with Crippen LogP contribution in [0, 0.1) is 0 Å². The number of hydrogen-bond donors (Lipinski definition) is 2. The second-order valence-electron chi connectivity index (χ2n) is 5.24. The molecule has 3 rings (SSSR count). The summed E-state index contributed by atoms with van der Waals surface area (Å²) in [4.78, 5) is 12.1. The molecule has 23 heavy (non-hydrogen) atoms. The number of aliphatic hydroxyl groups excluding tert-OH is 1. The molecule has 0 aliphatic rings. The van der Waals surface area contributed by atoms with Crippen molar-refractivity contribution in [1.29, 1.82) is 0 Å². The number of benzene rings is 1. The van der Waals surface area contributed by atoms with Crippen LogP contribution in [0.2, 0.25) is 0 Å². The van der Waals surface area contributed by atoms with Crippen molar-refractivity contribution in [3.8, 4) is 5.75 Å². The molecule has 1 atom stereocenters. The van der Waals surface area contributed by atoms with Gasteiger partial charge in [0.1, 0.15) is 12.3 Å². The maximum atomic E-state index is 12.1. The summed E-state index contributed by atoms with van der Waals surface area (Å²) in [6.07, 6.45) is 1.20. The first-order valence-corrected chi connectivity index (χ1v) is 8.21. The van der Waals surface area contributed by atoms with E-state index in [2.05, 4.69) is 5.32 Å². The molecule has 120 valence electrons. The summed E-state index contributed by atoms with van der Waals surface area (Å²) in [5.74, 6) is 0.659. The predicted molar refractivity (Wildman–Crippen MR) is 90.8 cm³/mol. The predicted octanol–water partition coefficient (Wildman–Crippen LogP) is 2.56. The highest BCUT2D eigenvalue weighted by atomic mass is 32.1. The van der Waals surface area contributed by atoms with Crippen LogP contribution in [0.4, 0.5) is 0 Å². The highest BCUT2D eigenvalue weighted by Crippen LogP contribution is 2.21. The van der Waals surface area contributed by atoms with E-state index in [0.717, 1.165) is 22.2 Å². The second-order valence-corrected chi connectivity index (χ2v) is 6.02. The minimum atomic E-state index is -0.670. The fourth-order valence-electron chi connectivity index (χ4n) is 2.45. The van der Waals surface area contributed by atoms with E-state index in [-0.39, 0.29) is 19.0 Å². The van der Waals surface area contributed by atoms with E-state index in [1.54, 1.807) is 7.11 Å². The molecule has 2 heterocycles. The van der Waals surface area contributed by atoms with Gasteiger partial charge in [-0.3, -0.25) is 4.79 Å². The zero-order valence-corrected chi connectivity index (χ0v) is 13.5. The maximum Gasteiger partial charge on any atom is 0.240 e. The van der Waals surface area contributed by atoms with Crippen molar-refractivity contribution in [1.82, 2.24) is 9.88 Å². The number of ether oxygens (including phenoxy) is 1. The van der Waals surface area contributed by atoms with Crippen molar-refractivity contribution >= 4 is 28.1 Å². The molecule has 1 amide bonds. The fraction of sp³-hybridized carbons (Fsp3) is 0.235. The monoisotopic (exact) mass is 330 g/mol. The molecule has 2 aromatic heterocycles. The van der Waals surface area contributed by atoms with Crippen LogP contribution in [-0.2, 0) is 11.3 Å². The van der Waals surface area contributed by atoms with Crippen LogP contribution < -0.4 is 10.1 Å². The molecule has 1 aromatic carbocycles. The number of amides is 1. The molecule has 0 spiro atoms. The molecule has 2 N–H and O–H groups in total. The molecule has 0 saturated heterocycles. The summed E-state index contributed by atoms with van der Waals surface area (Å²) in [7, 11) is 1.63. The molecule has 0 aliphatic carbocycles. The van der Waals surface area contributed by atoms with E-state index in [9.17, 15) is 9.90 Å². The molecule has 0 radical (unpaired) electrons. The van der Waals surface area contributed by atoms with Crippen LogP contribution in [0.5, 0.6) is 5.75 Å². The third-order valence-electron chi connectivity index (χ3n) is 3.71. The van der Waals surface area contributed by atoms with Crippen LogP contribution in [-0.4, -0.2) is 29.2 Å². The van der Waals surface area contributed by atoms with Gasteiger partial charge < -0.3 is 19.7 Å². The van der Waals surface area contributed by atoms with Gasteiger partial charge >= 0.3 is 0 Å². The van der Waals surface area contributed by atoms with Gasteiger partial charge in [0.25, 0.3) is 0 Å². The minimum absolute atomic E-state index is 0.132. The van der Waals surface area contributed by atoms with E-state index in [1.807, 2.05) is 51.9 Å². The van der Waals surface area contributed by atoms with E-state index in [1.165, 1.54) is 11.3 Å². The molecule has 3 aromatic rings. The number of fused-ring (bicyclic) bond motifs is 1. The Hall–Kier alpha value is -2.31. The van der Waals surface area contributed by atoms with Crippen LogP contribution in [0.1, 0.15) is 11.7 Å². The molecule has 0 bridgehead atoms. The first-order valence-electron chi connectivity index (χ1n) is 7.27. The Kier molecular flexibility index (Phi) is 4.64. The molecular weight excluding hydrogens is 312 g/mol. The normalized spacial score (nSPS) is 12.3. The first-order chi connectivity index (χ1) is 11.2. The smallest absolute Gasteiger partial charge is 0.240 e. The quantitative estimate of drug-likeness (QED) is 0.730. The third kappa shape index (κ3) is 3.55. The van der Waals surface area contributed by atoms with Crippen LogP contribution in [0.3, 0.4) is 0 Å². The number of aliphatic hydroxyl groups is 1. The molecule has 0 aliphatic heterocycles. The summed E-state index contributed by atoms with van der Waals surface area (Å²) in [5.41, 5.74) is 1.80. The number of nitrogens with one attached hydrogen (secondary N) is 1. The SMILES string of the molecule is COc1ccc2c(ccn2CC(=O)NCC(O)c2ccsc2)c1. The van der Waals surface area contributed by atoms with Crippen LogP contribution in [0.15, 0.2) is 47.3 Å². The molecule has 5 nitrogen and oxygen atoms in total. The van der Waals surface area contributed by atoms with Gasteiger partial charge in [0, 0.05) is 23.6 Å². The van der Waals surface area contributed by atoms with Crippen molar-refractivity contribution in [2.45, 2.75) is 12.6 Å². The average Bonchev–Trinajstić information content (AvgIpc) is 3.22. The van der Waals surface area contributed by atoms with E-state index < -0.39 is 6.10 Å². The third-order valence-corrected chi connectivity index (χ3v) is 4.41. The standard InChI is InChI=1S/C17H18N2O3S/c1-22-14-2-3-15-12(8-14)4-6-19(15)10-17(21)18-9-16(20)13-5-7-23-11-13/h2-8,11,16,20H,9-10H2,1H3,(H,18,21). The number of methoxy groups -OCH3 is 1. The van der Waals surface area contributed by atoms with E-state index in [0.29, 0.717) is 0 Å². The lowest BCUT2D eigenvalue weighted by molar-refractivity contribution is -0.122. The highest BCUT2D eigenvalue weighted by molar-refractivity contribution is 7.07. The van der Waals surface area contributed by atoms with Gasteiger partial charge in [0.15, 0.2) is 0 Å². The van der Waals surface area contributed by atoms with E-state index >= 15 is 0 Å². The van der Waals surface area contributed by atoms with E-state index in [4.69, 9.17) is 4.74 Å². The Labute approximate surface area is 138 Å². The summed E-state index contributed by atoms with van der Waals surface area (Å²) < 4.78 is 7.07. The largest absolute Gasteiger partial charge is 0.497 e. The van der Waals surface area contributed by atoms with Gasteiger partial charge in [0.2, 0.25) is 5.91 Å². The minimum Gasteiger partial charge on any atom is -0.497 e. The average molecular weight is 330 g/mol. The lowest BCUT2D eigenvalue weighted by Gasteiger charge is -2.11. The Morgan fingerprint density at radius 2 is 2.26 bits per heavy atom. The summed E-state index contributed by atoms with van der Waals surface area (Å²) in [5, 5.41) is 17.6. The Balaban J connectivity index is 1.61. The second kappa shape index (κ2) is 6.85. The highest BCUT2D eigenvalue weighted by Gasteiger charge is 2.11. The lowest BCUT2D eigenvalue weighted by Crippen LogP contribution is -2.31. The maximum absolute atomic E-state index is 12.1. The fourth-order valence-corrected chi connectivity index (χ4v) is 3.15. The van der Waals surface area contributed by atoms with Crippen molar-refractivity contribution in [2.75, 3.05) is 13.7 Å². The Bertz CT molecular complexity index is 795. The molecule has 6 heteroatoms.